The van der Waals surface area contributed by atoms with Crippen LogP contribution in [0.1, 0.15) is 6.42 Å². The van der Waals surface area contributed by atoms with E-state index in [1.807, 2.05) is 11.8 Å². The van der Waals surface area contributed by atoms with Gasteiger partial charge in [0.15, 0.2) is 0 Å². The van der Waals surface area contributed by atoms with E-state index >= 15 is 0 Å². The van der Waals surface area contributed by atoms with Crippen LogP contribution in [-0.2, 0) is 0 Å². The van der Waals surface area contributed by atoms with Crippen molar-refractivity contribution in [3.8, 4) is 0 Å². The van der Waals surface area contributed by atoms with Crippen LogP contribution < -0.4 is 0 Å². The Bertz CT molecular complexity index is 220. The van der Waals surface area contributed by atoms with Crippen LogP contribution >= 0.6 is 43.6 Å². The molecule has 0 N–H and O–H groups in total. The van der Waals surface area contributed by atoms with Crippen LogP contribution in [0.5, 0.6) is 0 Å². The van der Waals surface area contributed by atoms with Crippen molar-refractivity contribution in [3.63, 3.8) is 0 Å². The summed E-state index contributed by atoms with van der Waals surface area (Å²) < 4.78 is 1.15. The van der Waals surface area contributed by atoms with E-state index in [0.29, 0.717) is 0 Å². The Morgan fingerprint density at radius 2 is 1.83 bits per heavy atom. The molecule has 0 saturated carbocycles. The minimum atomic E-state index is 1.09. The van der Waals surface area contributed by atoms with Crippen LogP contribution in [0.2, 0.25) is 0 Å². The van der Waals surface area contributed by atoms with E-state index in [1.54, 1.807) is 0 Å². The molecule has 0 aliphatic rings. The van der Waals surface area contributed by atoms with Gasteiger partial charge in [-0.3, -0.25) is 0 Å². The number of alkyl halides is 1. The van der Waals surface area contributed by atoms with Gasteiger partial charge in [0, 0.05) is 14.7 Å². The third kappa shape index (κ3) is 3.97. The normalized spacial score (nSPS) is 10.2. The van der Waals surface area contributed by atoms with Crippen LogP contribution in [0.4, 0.5) is 0 Å². The summed E-state index contributed by atoms with van der Waals surface area (Å²) in [6.07, 6.45) is 1.22. The topological polar surface area (TPSA) is 0 Å². The number of thioether (sulfide) groups is 1. The van der Waals surface area contributed by atoms with Gasteiger partial charge in [0.1, 0.15) is 0 Å². The predicted octanol–water partition coefficient (Wildman–Crippen LogP) is 4.33. The highest BCUT2D eigenvalue weighted by Gasteiger charge is 1.92. The minimum Gasteiger partial charge on any atom is -0.126 e. The van der Waals surface area contributed by atoms with Crippen LogP contribution in [0, 0.1) is 0 Å². The molecule has 1 aromatic rings. The van der Waals surface area contributed by atoms with Gasteiger partial charge in [-0.1, -0.05) is 31.9 Å². The second-order valence-corrected chi connectivity index (χ2v) is 5.22. The second-order valence-electron chi connectivity index (χ2n) is 2.34. The van der Waals surface area contributed by atoms with Crippen molar-refractivity contribution in [1.29, 1.82) is 0 Å². The fourth-order valence-corrected chi connectivity index (χ4v) is 2.54. The van der Waals surface area contributed by atoms with E-state index in [9.17, 15) is 0 Å². The van der Waals surface area contributed by atoms with Crippen molar-refractivity contribution in [2.45, 2.75) is 11.3 Å². The summed E-state index contributed by atoms with van der Waals surface area (Å²) in [5.41, 5.74) is 0. The molecule has 0 heterocycles. The van der Waals surface area contributed by atoms with Gasteiger partial charge in [-0.25, -0.2) is 0 Å². The number of hydrogen-bond acceptors (Lipinski definition) is 1. The molecule has 0 aliphatic carbocycles. The highest BCUT2D eigenvalue weighted by molar-refractivity contribution is 9.10. The van der Waals surface area contributed by atoms with Crippen molar-refractivity contribution in [3.05, 3.63) is 28.7 Å². The molecule has 0 bridgehead atoms. The predicted molar refractivity (Wildman–Crippen MR) is 63.3 cm³/mol. The maximum absolute atomic E-state index is 3.41. The van der Waals surface area contributed by atoms with Gasteiger partial charge in [-0.2, -0.15) is 0 Å². The summed E-state index contributed by atoms with van der Waals surface area (Å²) in [7, 11) is 0. The summed E-state index contributed by atoms with van der Waals surface area (Å²) in [5, 5.41) is 1.09. The van der Waals surface area contributed by atoms with Gasteiger partial charge in [0.05, 0.1) is 0 Å². The van der Waals surface area contributed by atoms with Gasteiger partial charge < -0.3 is 0 Å². The highest BCUT2D eigenvalue weighted by atomic mass is 79.9. The lowest BCUT2D eigenvalue weighted by Gasteiger charge is -1.99. The largest absolute Gasteiger partial charge is 0.126 e. The van der Waals surface area contributed by atoms with E-state index in [-0.39, 0.29) is 0 Å². The third-order valence-corrected chi connectivity index (χ3v) is 3.55. The van der Waals surface area contributed by atoms with E-state index in [2.05, 4.69) is 56.1 Å². The molecular formula is C9H10Br2S. The van der Waals surface area contributed by atoms with Gasteiger partial charge in [-0.05, 0) is 36.4 Å². The van der Waals surface area contributed by atoms with Crippen LogP contribution in [0.3, 0.4) is 0 Å². The fourth-order valence-electron chi connectivity index (χ4n) is 0.775. The lowest BCUT2D eigenvalue weighted by molar-refractivity contribution is 1.13. The smallest absolute Gasteiger partial charge is 0.0176 e. The Kier molecular flexibility index (Phi) is 5.35. The average Bonchev–Trinajstić information content (AvgIpc) is 2.09. The quantitative estimate of drug-likeness (QED) is 0.453. The lowest BCUT2D eigenvalue weighted by atomic mass is 10.4. The Labute approximate surface area is 94.4 Å². The van der Waals surface area contributed by atoms with Crippen molar-refractivity contribution in [1.82, 2.24) is 0 Å². The van der Waals surface area contributed by atoms with Gasteiger partial charge >= 0.3 is 0 Å². The molecule has 0 radical (unpaired) electrons. The lowest BCUT2D eigenvalue weighted by Crippen LogP contribution is -1.79. The molecule has 1 rings (SSSR count). The molecule has 0 spiro atoms. The Morgan fingerprint density at radius 1 is 1.17 bits per heavy atom. The molecule has 12 heavy (non-hydrogen) atoms. The molecule has 0 fully saturated rings. The van der Waals surface area contributed by atoms with Crippen molar-refractivity contribution in [2.75, 3.05) is 11.1 Å². The van der Waals surface area contributed by atoms with Gasteiger partial charge in [0.25, 0.3) is 0 Å². The maximum Gasteiger partial charge on any atom is 0.0176 e. The summed E-state index contributed by atoms with van der Waals surface area (Å²) in [6.45, 7) is 0. The summed E-state index contributed by atoms with van der Waals surface area (Å²) in [4.78, 5) is 1.35. The Morgan fingerprint density at radius 3 is 2.42 bits per heavy atom. The first kappa shape index (κ1) is 10.6. The zero-order chi connectivity index (χ0) is 8.81. The van der Waals surface area contributed by atoms with Crippen molar-refractivity contribution >= 4 is 43.6 Å². The first-order valence-corrected chi connectivity index (χ1v) is 6.67. The second kappa shape index (κ2) is 6.06. The minimum absolute atomic E-state index is 1.09. The highest BCUT2D eigenvalue weighted by Crippen LogP contribution is 2.21. The summed E-state index contributed by atoms with van der Waals surface area (Å²) in [6, 6.07) is 8.44. The van der Waals surface area contributed by atoms with Gasteiger partial charge in [0.2, 0.25) is 0 Å². The van der Waals surface area contributed by atoms with Crippen LogP contribution in [-0.4, -0.2) is 11.1 Å². The number of benzene rings is 1. The summed E-state index contributed by atoms with van der Waals surface area (Å²) >= 11 is 8.73. The SMILES string of the molecule is BrCCCSc1ccc(Br)cc1. The third-order valence-electron chi connectivity index (χ3n) is 1.36. The molecule has 66 valence electrons. The van der Waals surface area contributed by atoms with E-state index in [1.165, 1.54) is 17.1 Å². The van der Waals surface area contributed by atoms with Crippen molar-refractivity contribution < 1.29 is 0 Å². The Hall–Kier alpha value is 0.530. The van der Waals surface area contributed by atoms with E-state index in [4.69, 9.17) is 0 Å². The first-order valence-electron chi connectivity index (χ1n) is 3.77. The standard InChI is InChI=1S/C9H10Br2S/c10-6-1-7-12-9-4-2-8(11)3-5-9/h2-5H,1,6-7H2. The molecule has 1 aromatic carbocycles. The Balaban J connectivity index is 2.37. The molecule has 0 unspecified atom stereocenters. The number of rotatable bonds is 4. The molecule has 3 heteroatoms. The summed E-state index contributed by atoms with van der Waals surface area (Å²) in [5.74, 6) is 1.19. The molecule has 0 nitrogen and oxygen atoms in total. The maximum atomic E-state index is 3.41. The first-order chi connectivity index (χ1) is 5.83. The zero-order valence-corrected chi connectivity index (χ0v) is 10.6. The number of hydrogen-bond donors (Lipinski definition) is 0. The molecule has 0 atom stereocenters. The van der Waals surface area contributed by atoms with Crippen molar-refractivity contribution in [2.24, 2.45) is 0 Å². The molecule has 0 aliphatic heterocycles. The van der Waals surface area contributed by atoms with Crippen LogP contribution in [0.15, 0.2) is 33.6 Å². The molecule has 0 saturated heterocycles. The van der Waals surface area contributed by atoms with Gasteiger partial charge in [-0.15, -0.1) is 11.8 Å². The molecular weight excluding hydrogens is 300 g/mol. The average molecular weight is 310 g/mol. The van der Waals surface area contributed by atoms with Crippen LogP contribution in [0.25, 0.3) is 0 Å². The molecule has 0 aromatic heterocycles. The fraction of sp³-hybridized carbons (Fsp3) is 0.333. The van der Waals surface area contributed by atoms with E-state index in [0.717, 1.165) is 9.80 Å². The molecule has 0 amide bonds. The zero-order valence-electron chi connectivity index (χ0n) is 6.59. The number of halogens is 2. The monoisotopic (exact) mass is 308 g/mol. The van der Waals surface area contributed by atoms with E-state index < -0.39 is 0 Å².